The highest BCUT2D eigenvalue weighted by molar-refractivity contribution is 5.84. The van der Waals surface area contributed by atoms with E-state index in [0.29, 0.717) is 6.04 Å². The first-order chi connectivity index (χ1) is 13.9. The third-order valence-corrected chi connectivity index (χ3v) is 6.52. The van der Waals surface area contributed by atoms with E-state index in [-0.39, 0.29) is 0 Å². The fraction of sp³-hybridized carbons (Fsp3) is 0.680. The molecule has 3 nitrogen and oxygen atoms in total. The average Bonchev–Trinajstić information content (AvgIpc) is 3.53. The molecule has 3 heteroatoms. The Morgan fingerprint density at radius 1 is 1.04 bits per heavy atom. The summed E-state index contributed by atoms with van der Waals surface area (Å²) in [4.78, 5) is 0. The van der Waals surface area contributed by atoms with Crippen molar-refractivity contribution in [3.8, 4) is 0 Å². The predicted octanol–water partition coefficient (Wildman–Crippen LogP) is 5.99. The Kier molecular flexibility index (Phi) is 8.42. The van der Waals surface area contributed by atoms with Gasteiger partial charge in [0, 0.05) is 23.1 Å². The van der Waals surface area contributed by atoms with E-state index in [0.717, 1.165) is 37.9 Å². The van der Waals surface area contributed by atoms with Gasteiger partial charge in [-0.2, -0.15) is 0 Å². The molecule has 0 spiro atoms. The molecule has 156 valence electrons. The fourth-order valence-electron chi connectivity index (χ4n) is 4.94. The van der Waals surface area contributed by atoms with Crippen molar-refractivity contribution < 1.29 is 0 Å². The lowest BCUT2D eigenvalue weighted by Gasteiger charge is -2.24. The molecule has 0 bridgehead atoms. The van der Waals surface area contributed by atoms with Gasteiger partial charge in [-0.1, -0.05) is 51.3 Å². The van der Waals surface area contributed by atoms with Crippen LogP contribution >= 0.6 is 0 Å². The second-order valence-electron chi connectivity index (χ2n) is 8.43. The summed E-state index contributed by atoms with van der Waals surface area (Å²) in [5.74, 6) is 1.62. The van der Waals surface area contributed by atoms with Crippen LogP contribution in [0.1, 0.15) is 89.2 Å². The first kappa shape index (κ1) is 21.4. The van der Waals surface area contributed by atoms with Gasteiger partial charge in [0.05, 0.1) is 0 Å². The molecule has 2 aliphatic carbocycles. The number of fused-ring (bicyclic) bond motifs is 1. The van der Waals surface area contributed by atoms with Crippen LogP contribution in [0.15, 0.2) is 30.5 Å². The minimum absolute atomic E-state index is 0.713. The van der Waals surface area contributed by atoms with Gasteiger partial charge >= 0.3 is 0 Å². The van der Waals surface area contributed by atoms with Gasteiger partial charge in [0.2, 0.25) is 0 Å². The quantitative estimate of drug-likeness (QED) is 0.522. The lowest BCUT2D eigenvalue weighted by atomic mass is 9.90. The molecule has 1 atom stereocenters. The Morgan fingerprint density at radius 3 is 2.50 bits per heavy atom. The molecule has 0 saturated heterocycles. The van der Waals surface area contributed by atoms with Crippen molar-refractivity contribution in [2.75, 3.05) is 19.6 Å². The van der Waals surface area contributed by atoms with E-state index in [1.165, 1.54) is 62.3 Å². The molecular formula is C25H41N3. The number of nitrogens with one attached hydrogen (secondary N) is 1. The Balaban J connectivity index is 0.00000109. The van der Waals surface area contributed by atoms with Gasteiger partial charge < -0.3 is 15.6 Å². The summed E-state index contributed by atoms with van der Waals surface area (Å²) in [6.07, 6.45) is 14.6. The Bertz CT molecular complexity index is 695. The van der Waals surface area contributed by atoms with Gasteiger partial charge in [0.1, 0.15) is 0 Å². The van der Waals surface area contributed by atoms with Crippen LogP contribution in [0.3, 0.4) is 0 Å². The standard InChI is InChI=1S/C23H35N3.C2H6/c24-14-6-15-25-16-13-20(18-11-12-18)22-17-26(19-7-2-1-3-8-19)23-10-5-4-9-21(22)23;1-2/h4-5,9-10,17-20,25H,1-3,6-8,11-16,24H2;1-2H3. The van der Waals surface area contributed by atoms with Crippen LogP contribution < -0.4 is 11.1 Å². The monoisotopic (exact) mass is 383 g/mol. The number of nitrogens with zero attached hydrogens (tertiary/aromatic N) is 1. The number of rotatable bonds is 9. The smallest absolute Gasteiger partial charge is 0.0485 e. The summed E-state index contributed by atoms with van der Waals surface area (Å²) in [6.45, 7) is 6.95. The molecule has 1 heterocycles. The number of hydrogen-bond acceptors (Lipinski definition) is 2. The second-order valence-corrected chi connectivity index (χ2v) is 8.43. The van der Waals surface area contributed by atoms with E-state index in [1.807, 2.05) is 13.8 Å². The third kappa shape index (κ3) is 5.18. The van der Waals surface area contributed by atoms with Crippen LogP contribution in [0.5, 0.6) is 0 Å². The number of benzene rings is 1. The van der Waals surface area contributed by atoms with E-state index in [2.05, 4.69) is 40.3 Å². The van der Waals surface area contributed by atoms with Gasteiger partial charge in [-0.15, -0.1) is 0 Å². The van der Waals surface area contributed by atoms with Crippen molar-refractivity contribution in [3.05, 3.63) is 36.0 Å². The SMILES string of the molecule is CC.NCCCNCCC(c1cn(C2CCCCC2)c2ccccc12)C1CC1. The van der Waals surface area contributed by atoms with Crippen molar-refractivity contribution >= 4 is 10.9 Å². The number of aromatic nitrogens is 1. The summed E-state index contributed by atoms with van der Waals surface area (Å²) < 4.78 is 2.64. The van der Waals surface area contributed by atoms with Crippen LogP contribution in [-0.2, 0) is 0 Å². The first-order valence-corrected chi connectivity index (χ1v) is 11.9. The maximum Gasteiger partial charge on any atom is 0.0485 e. The zero-order chi connectivity index (χ0) is 19.8. The summed E-state index contributed by atoms with van der Waals surface area (Å²) in [5, 5.41) is 5.11. The Hall–Kier alpha value is -1.32. The van der Waals surface area contributed by atoms with Crippen LogP contribution in [0.2, 0.25) is 0 Å². The zero-order valence-corrected chi connectivity index (χ0v) is 18.1. The molecule has 28 heavy (non-hydrogen) atoms. The van der Waals surface area contributed by atoms with Crippen LogP contribution in [0.4, 0.5) is 0 Å². The normalized spacial score (nSPS) is 18.7. The lowest BCUT2D eigenvalue weighted by molar-refractivity contribution is 0.360. The van der Waals surface area contributed by atoms with Gasteiger partial charge in [-0.05, 0) is 81.6 Å². The second kappa shape index (κ2) is 11.0. The summed E-state index contributed by atoms with van der Waals surface area (Å²) >= 11 is 0. The summed E-state index contributed by atoms with van der Waals surface area (Å²) in [6, 6.07) is 9.86. The fourth-order valence-corrected chi connectivity index (χ4v) is 4.94. The highest BCUT2D eigenvalue weighted by Crippen LogP contribution is 2.47. The van der Waals surface area contributed by atoms with Crippen molar-refractivity contribution in [3.63, 3.8) is 0 Å². The highest BCUT2D eigenvalue weighted by atomic mass is 15.0. The van der Waals surface area contributed by atoms with E-state index in [1.54, 1.807) is 5.56 Å². The van der Waals surface area contributed by atoms with Crippen LogP contribution in [0, 0.1) is 5.92 Å². The van der Waals surface area contributed by atoms with Gasteiger partial charge in [0.15, 0.2) is 0 Å². The van der Waals surface area contributed by atoms with E-state index in [9.17, 15) is 0 Å². The van der Waals surface area contributed by atoms with Gasteiger partial charge in [-0.3, -0.25) is 0 Å². The molecule has 2 aliphatic rings. The molecule has 1 unspecified atom stereocenters. The van der Waals surface area contributed by atoms with Gasteiger partial charge in [0.25, 0.3) is 0 Å². The molecule has 0 radical (unpaired) electrons. The van der Waals surface area contributed by atoms with Gasteiger partial charge in [-0.25, -0.2) is 0 Å². The molecule has 2 saturated carbocycles. The van der Waals surface area contributed by atoms with E-state index in [4.69, 9.17) is 5.73 Å². The largest absolute Gasteiger partial charge is 0.344 e. The zero-order valence-electron chi connectivity index (χ0n) is 18.1. The van der Waals surface area contributed by atoms with Crippen molar-refractivity contribution in [1.82, 2.24) is 9.88 Å². The molecule has 2 fully saturated rings. The van der Waals surface area contributed by atoms with Crippen molar-refractivity contribution in [2.45, 2.75) is 83.6 Å². The summed E-state index contributed by atoms with van der Waals surface area (Å²) in [7, 11) is 0. The molecule has 4 rings (SSSR count). The number of nitrogens with two attached hydrogens (primary N) is 1. The number of hydrogen-bond donors (Lipinski definition) is 2. The van der Waals surface area contributed by atoms with Crippen LogP contribution in [-0.4, -0.2) is 24.2 Å². The Labute approximate surface area is 172 Å². The Morgan fingerprint density at radius 2 is 1.79 bits per heavy atom. The molecule has 1 aromatic carbocycles. The van der Waals surface area contributed by atoms with Crippen LogP contribution in [0.25, 0.3) is 10.9 Å². The maximum atomic E-state index is 5.61. The topological polar surface area (TPSA) is 43.0 Å². The molecule has 0 amide bonds. The molecule has 2 aromatic rings. The van der Waals surface area contributed by atoms with Crippen molar-refractivity contribution in [2.24, 2.45) is 11.7 Å². The maximum absolute atomic E-state index is 5.61. The van der Waals surface area contributed by atoms with E-state index >= 15 is 0 Å². The number of para-hydroxylation sites is 1. The minimum atomic E-state index is 0.713. The first-order valence-electron chi connectivity index (χ1n) is 11.9. The predicted molar refractivity (Wildman–Crippen MR) is 122 cm³/mol. The molecule has 1 aromatic heterocycles. The molecule has 0 aliphatic heterocycles. The molecule has 3 N–H and O–H groups in total. The van der Waals surface area contributed by atoms with Crippen molar-refractivity contribution in [1.29, 1.82) is 0 Å². The third-order valence-electron chi connectivity index (χ3n) is 6.52. The van der Waals surface area contributed by atoms with E-state index < -0.39 is 0 Å². The summed E-state index contributed by atoms with van der Waals surface area (Å²) in [5.41, 5.74) is 8.70. The average molecular weight is 384 g/mol. The highest BCUT2D eigenvalue weighted by Gasteiger charge is 2.34. The lowest BCUT2D eigenvalue weighted by Crippen LogP contribution is -2.21. The molecular weight excluding hydrogens is 342 g/mol. The minimum Gasteiger partial charge on any atom is -0.344 e.